The van der Waals surface area contributed by atoms with Crippen molar-refractivity contribution >= 4 is 15.9 Å². The summed E-state index contributed by atoms with van der Waals surface area (Å²) >= 11 is 0. The van der Waals surface area contributed by atoms with E-state index in [0.29, 0.717) is 11.8 Å². The van der Waals surface area contributed by atoms with E-state index in [9.17, 15) is 26.4 Å². The van der Waals surface area contributed by atoms with Crippen LogP contribution in [-0.2, 0) is 16.2 Å². The zero-order valence-corrected chi connectivity index (χ0v) is 14.8. The smallest absolute Gasteiger partial charge is 0.295 e. The molecule has 3 rings (SSSR count). The third kappa shape index (κ3) is 4.21. The Kier molecular flexibility index (Phi) is 5.21. The standard InChI is InChI=1S/C17H13F3N4O3S/c18-17(19,20)12-5-4-8-14(9-12)28(26,27)23-22-16(25)15-10-21-11-24(15)13-6-2-1-3-7-13/h1-11,23H,(H,22,25). The van der Waals surface area contributed by atoms with Crippen molar-refractivity contribution in [1.82, 2.24) is 19.8 Å². The number of nitrogens with zero attached hydrogens (tertiary/aromatic N) is 2. The number of hydrogen-bond acceptors (Lipinski definition) is 4. The minimum Gasteiger partial charge on any atom is -0.295 e. The van der Waals surface area contributed by atoms with Gasteiger partial charge in [0.05, 0.1) is 23.0 Å². The van der Waals surface area contributed by atoms with E-state index in [2.05, 4.69) is 4.98 Å². The molecule has 2 aromatic carbocycles. The monoisotopic (exact) mass is 410 g/mol. The molecule has 1 amide bonds. The lowest BCUT2D eigenvalue weighted by atomic mass is 10.2. The van der Waals surface area contributed by atoms with E-state index in [4.69, 9.17) is 0 Å². The van der Waals surface area contributed by atoms with E-state index in [0.717, 1.165) is 18.2 Å². The maximum atomic E-state index is 12.8. The molecule has 7 nitrogen and oxygen atoms in total. The number of hydrazine groups is 1. The maximum Gasteiger partial charge on any atom is 0.416 e. The van der Waals surface area contributed by atoms with Gasteiger partial charge in [0.25, 0.3) is 15.9 Å². The van der Waals surface area contributed by atoms with Crippen molar-refractivity contribution in [2.45, 2.75) is 11.1 Å². The summed E-state index contributed by atoms with van der Waals surface area (Å²) < 4.78 is 64.2. The molecular formula is C17H13F3N4O3S. The number of carbonyl (C=O) groups is 1. The first-order chi connectivity index (χ1) is 13.2. The molecule has 28 heavy (non-hydrogen) atoms. The topological polar surface area (TPSA) is 93.1 Å². The zero-order valence-electron chi connectivity index (χ0n) is 14.0. The fourth-order valence-electron chi connectivity index (χ4n) is 2.33. The highest BCUT2D eigenvalue weighted by molar-refractivity contribution is 7.89. The van der Waals surface area contributed by atoms with Crippen LogP contribution in [-0.4, -0.2) is 23.9 Å². The molecule has 0 aliphatic heterocycles. The van der Waals surface area contributed by atoms with Crippen LogP contribution in [0.25, 0.3) is 5.69 Å². The number of rotatable bonds is 5. The van der Waals surface area contributed by atoms with E-state index in [-0.39, 0.29) is 5.69 Å². The number of halogens is 3. The van der Waals surface area contributed by atoms with Gasteiger partial charge < -0.3 is 0 Å². The van der Waals surface area contributed by atoms with Crippen molar-refractivity contribution in [3.8, 4) is 5.69 Å². The summed E-state index contributed by atoms with van der Waals surface area (Å²) in [5, 5.41) is 0. The molecule has 3 aromatic rings. The second kappa shape index (κ2) is 7.44. The van der Waals surface area contributed by atoms with Crippen LogP contribution in [0.15, 0.2) is 72.0 Å². The minimum atomic E-state index is -4.70. The van der Waals surface area contributed by atoms with Gasteiger partial charge in [-0.15, -0.1) is 4.83 Å². The molecule has 1 heterocycles. The molecule has 0 unspecified atom stereocenters. The first kappa shape index (κ1) is 19.6. The summed E-state index contributed by atoms with van der Waals surface area (Å²) in [5.41, 5.74) is 1.49. The van der Waals surface area contributed by atoms with Crippen LogP contribution in [0.4, 0.5) is 13.2 Å². The van der Waals surface area contributed by atoms with E-state index in [1.165, 1.54) is 17.1 Å². The second-order valence-corrected chi connectivity index (χ2v) is 7.25. The van der Waals surface area contributed by atoms with Crippen molar-refractivity contribution < 1.29 is 26.4 Å². The van der Waals surface area contributed by atoms with Crippen LogP contribution < -0.4 is 10.3 Å². The Morgan fingerprint density at radius 3 is 2.43 bits per heavy atom. The van der Waals surface area contributed by atoms with Crippen LogP contribution in [0.2, 0.25) is 0 Å². The van der Waals surface area contributed by atoms with Crippen LogP contribution in [0.5, 0.6) is 0 Å². The summed E-state index contributed by atoms with van der Waals surface area (Å²) in [6.07, 6.45) is -2.11. The molecule has 0 atom stereocenters. The highest BCUT2D eigenvalue weighted by Crippen LogP contribution is 2.30. The normalized spacial score (nSPS) is 12.0. The minimum absolute atomic E-state index is 0.0259. The van der Waals surface area contributed by atoms with Crippen LogP contribution in [0.1, 0.15) is 16.1 Å². The quantitative estimate of drug-likeness (QED) is 0.632. The summed E-state index contributed by atoms with van der Waals surface area (Å²) in [6.45, 7) is 0. The van der Waals surface area contributed by atoms with E-state index in [1.54, 1.807) is 35.2 Å². The number of alkyl halides is 3. The third-order valence-corrected chi connectivity index (χ3v) is 4.92. The summed E-state index contributed by atoms with van der Waals surface area (Å²) in [7, 11) is -4.42. The molecule has 0 saturated heterocycles. The number of nitrogens with one attached hydrogen (secondary N) is 2. The van der Waals surface area contributed by atoms with Gasteiger partial charge in [-0.1, -0.05) is 24.3 Å². The molecule has 0 aliphatic rings. The SMILES string of the molecule is O=C(NNS(=O)(=O)c1cccc(C(F)(F)F)c1)c1cncn1-c1ccccc1. The fourth-order valence-corrected chi connectivity index (χ4v) is 3.22. The van der Waals surface area contributed by atoms with Gasteiger partial charge in [-0.3, -0.25) is 14.8 Å². The zero-order chi connectivity index (χ0) is 20.4. The highest BCUT2D eigenvalue weighted by atomic mass is 32.2. The fraction of sp³-hybridized carbons (Fsp3) is 0.0588. The van der Waals surface area contributed by atoms with Gasteiger partial charge in [-0.25, -0.2) is 13.4 Å². The summed E-state index contributed by atoms with van der Waals surface area (Å²) in [6, 6.07) is 11.9. The number of imidazole rings is 1. The Hall–Kier alpha value is -3.18. The molecule has 1 aromatic heterocycles. The summed E-state index contributed by atoms with van der Waals surface area (Å²) in [5.74, 6) is -0.836. The Labute approximate surface area is 157 Å². The first-order valence-corrected chi connectivity index (χ1v) is 9.24. The average molecular weight is 410 g/mol. The van der Waals surface area contributed by atoms with Gasteiger partial charge in [0.2, 0.25) is 0 Å². The van der Waals surface area contributed by atoms with Gasteiger partial charge in [0.15, 0.2) is 0 Å². The highest BCUT2D eigenvalue weighted by Gasteiger charge is 2.31. The Morgan fingerprint density at radius 1 is 1.04 bits per heavy atom. The summed E-state index contributed by atoms with van der Waals surface area (Å²) in [4.78, 5) is 17.3. The van der Waals surface area contributed by atoms with E-state index in [1.807, 2.05) is 5.43 Å². The molecule has 146 valence electrons. The number of para-hydroxylation sites is 1. The van der Waals surface area contributed by atoms with E-state index >= 15 is 0 Å². The molecule has 2 N–H and O–H groups in total. The van der Waals surface area contributed by atoms with Crippen LogP contribution >= 0.6 is 0 Å². The van der Waals surface area contributed by atoms with Crippen molar-refractivity contribution in [3.63, 3.8) is 0 Å². The predicted octanol–water partition coefficient (Wildman–Crippen LogP) is 2.51. The van der Waals surface area contributed by atoms with Crippen LogP contribution in [0, 0.1) is 0 Å². The Morgan fingerprint density at radius 2 is 1.75 bits per heavy atom. The van der Waals surface area contributed by atoms with Crippen molar-refractivity contribution in [2.24, 2.45) is 0 Å². The van der Waals surface area contributed by atoms with Crippen molar-refractivity contribution in [3.05, 3.63) is 78.4 Å². The van der Waals surface area contributed by atoms with E-state index < -0.39 is 32.6 Å². The maximum absolute atomic E-state index is 12.8. The number of sulfonamides is 1. The van der Waals surface area contributed by atoms with Gasteiger partial charge >= 0.3 is 6.18 Å². The molecule has 0 spiro atoms. The largest absolute Gasteiger partial charge is 0.416 e. The van der Waals surface area contributed by atoms with Gasteiger partial charge in [0.1, 0.15) is 5.69 Å². The molecule has 0 saturated carbocycles. The Balaban J connectivity index is 1.78. The number of hydrogen-bond donors (Lipinski definition) is 2. The molecule has 0 aliphatic carbocycles. The number of benzene rings is 2. The number of aromatic nitrogens is 2. The lowest BCUT2D eigenvalue weighted by molar-refractivity contribution is -0.137. The molecule has 11 heteroatoms. The van der Waals surface area contributed by atoms with Gasteiger partial charge in [-0.05, 0) is 30.3 Å². The molecule has 0 bridgehead atoms. The lowest BCUT2D eigenvalue weighted by Crippen LogP contribution is -2.42. The Bertz CT molecular complexity index is 1100. The van der Waals surface area contributed by atoms with Gasteiger partial charge in [-0.2, -0.15) is 13.2 Å². The molecule has 0 radical (unpaired) electrons. The molecular weight excluding hydrogens is 397 g/mol. The third-order valence-electron chi connectivity index (χ3n) is 3.68. The van der Waals surface area contributed by atoms with Gasteiger partial charge in [0, 0.05) is 5.69 Å². The second-order valence-electron chi connectivity index (χ2n) is 5.57. The lowest BCUT2D eigenvalue weighted by Gasteiger charge is -2.12. The number of amides is 1. The average Bonchev–Trinajstić information content (AvgIpc) is 3.16. The number of carbonyl (C=O) groups excluding carboxylic acids is 1. The first-order valence-electron chi connectivity index (χ1n) is 7.76. The predicted molar refractivity (Wildman–Crippen MR) is 92.8 cm³/mol. The van der Waals surface area contributed by atoms with Crippen molar-refractivity contribution in [2.75, 3.05) is 0 Å². The van der Waals surface area contributed by atoms with Crippen molar-refractivity contribution in [1.29, 1.82) is 0 Å². The molecule has 0 fully saturated rings. The van der Waals surface area contributed by atoms with Crippen LogP contribution in [0.3, 0.4) is 0 Å².